The van der Waals surface area contributed by atoms with E-state index in [-0.39, 0.29) is 5.69 Å². The first-order chi connectivity index (χ1) is 7.20. The van der Waals surface area contributed by atoms with Gasteiger partial charge in [0.25, 0.3) is 0 Å². The van der Waals surface area contributed by atoms with Crippen molar-refractivity contribution in [1.82, 2.24) is 4.98 Å². The standard InChI is InChI=1S/C10H4Cl2N2O/c11-6-1-2-8(9(12)3-6)10-14-7(4-13)5-15-10/h1-3,5H. The third-order valence-electron chi connectivity index (χ3n) is 1.78. The van der Waals surface area contributed by atoms with Gasteiger partial charge in [-0.3, -0.25) is 0 Å². The Labute approximate surface area is 95.9 Å². The van der Waals surface area contributed by atoms with E-state index in [0.717, 1.165) is 0 Å². The summed E-state index contributed by atoms with van der Waals surface area (Å²) in [4.78, 5) is 3.93. The molecule has 0 saturated heterocycles. The average Bonchev–Trinajstić information content (AvgIpc) is 2.66. The van der Waals surface area contributed by atoms with Gasteiger partial charge in [-0.05, 0) is 18.2 Å². The molecule has 0 radical (unpaired) electrons. The van der Waals surface area contributed by atoms with Crippen molar-refractivity contribution >= 4 is 23.2 Å². The van der Waals surface area contributed by atoms with Crippen molar-refractivity contribution in [3.63, 3.8) is 0 Å². The molecule has 0 unspecified atom stereocenters. The summed E-state index contributed by atoms with van der Waals surface area (Å²) in [5.41, 5.74) is 0.832. The molecular formula is C10H4Cl2N2O. The molecule has 0 fully saturated rings. The van der Waals surface area contributed by atoms with Crippen molar-refractivity contribution in [2.24, 2.45) is 0 Å². The van der Waals surface area contributed by atoms with Crippen molar-refractivity contribution in [2.45, 2.75) is 0 Å². The van der Waals surface area contributed by atoms with Gasteiger partial charge in [-0.15, -0.1) is 0 Å². The van der Waals surface area contributed by atoms with Crippen molar-refractivity contribution < 1.29 is 4.42 Å². The van der Waals surface area contributed by atoms with Gasteiger partial charge in [0, 0.05) is 5.02 Å². The molecular weight excluding hydrogens is 235 g/mol. The number of halogens is 2. The molecule has 0 aliphatic carbocycles. The largest absolute Gasteiger partial charge is 0.443 e. The van der Waals surface area contributed by atoms with Crippen molar-refractivity contribution in [3.05, 3.63) is 40.2 Å². The Morgan fingerprint density at radius 3 is 2.73 bits per heavy atom. The van der Waals surface area contributed by atoms with Crippen LogP contribution in [0.15, 0.2) is 28.9 Å². The summed E-state index contributed by atoms with van der Waals surface area (Å²) in [6.07, 6.45) is 1.28. The number of nitriles is 1. The molecule has 1 aromatic carbocycles. The van der Waals surface area contributed by atoms with E-state index in [1.165, 1.54) is 6.26 Å². The van der Waals surface area contributed by atoms with Gasteiger partial charge in [-0.25, -0.2) is 0 Å². The van der Waals surface area contributed by atoms with Crippen LogP contribution in [0.25, 0.3) is 11.5 Å². The summed E-state index contributed by atoms with van der Waals surface area (Å²) < 4.78 is 5.10. The van der Waals surface area contributed by atoms with Crippen LogP contribution in [-0.2, 0) is 0 Å². The second-order valence-corrected chi connectivity index (χ2v) is 3.62. The molecule has 3 nitrogen and oxygen atoms in total. The molecule has 74 valence electrons. The molecule has 0 amide bonds. The number of hydrogen-bond acceptors (Lipinski definition) is 3. The van der Waals surface area contributed by atoms with Crippen LogP contribution in [0.1, 0.15) is 5.69 Å². The summed E-state index contributed by atoms with van der Waals surface area (Å²) in [5.74, 6) is 0.313. The number of benzene rings is 1. The topological polar surface area (TPSA) is 49.8 Å². The van der Waals surface area contributed by atoms with Crippen LogP contribution in [0, 0.1) is 11.3 Å². The molecule has 0 aliphatic heterocycles. The van der Waals surface area contributed by atoms with Crippen LogP contribution in [-0.4, -0.2) is 4.98 Å². The quantitative estimate of drug-likeness (QED) is 0.764. The molecule has 1 aromatic heterocycles. The summed E-state index contributed by atoms with van der Waals surface area (Å²) in [6.45, 7) is 0. The molecule has 0 atom stereocenters. The van der Waals surface area contributed by atoms with Gasteiger partial charge in [0.15, 0.2) is 5.69 Å². The van der Waals surface area contributed by atoms with E-state index in [4.69, 9.17) is 32.9 Å². The minimum Gasteiger partial charge on any atom is -0.443 e. The number of hydrogen-bond donors (Lipinski definition) is 0. The fraction of sp³-hybridized carbons (Fsp3) is 0. The first-order valence-corrected chi connectivity index (χ1v) is 4.77. The molecule has 2 rings (SSSR count). The zero-order valence-corrected chi connectivity index (χ0v) is 8.88. The summed E-state index contributed by atoms with van der Waals surface area (Å²) >= 11 is 11.7. The highest BCUT2D eigenvalue weighted by Gasteiger charge is 2.10. The summed E-state index contributed by atoms with van der Waals surface area (Å²) in [5, 5.41) is 9.56. The second kappa shape index (κ2) is 3.93. The highest BCUT2D eigenvalue weighted by Crippen LogP contribution is 2.29. The minimum absolute atomic E-state index is 0.219. The maximum atomic E-state index is 8.58. The monoisotopic (exact) mass is 238 g/mol. The van der Waals surface area contributed by atoms with E-state index in [1.807, 2.05) is 6.07 Å². The van der Waals surface area contributed by atoms with Gasteiger partial charge < -0.3 is 4.42 Å². The lowest BCUT2D eigenvalue weighted by Crippen LogP contribution is -1.80. The Morgan fingerprint density at radius 2 is 2.13 bits per heavy atom. The van der Waals surface area contributed by atoms with Crippen LogP contribution < -0.4 is 0 Å². The fourth-order valence-corrected chi connectivity index (χ4v) is 1.60. The van der Waals surface area contributed by atoms with E-state index >= 15 is 0 Å². The number of rotatable bonds is 1. The Balaban J connectivity index is 2.50. The summed E-state index contributed by atoms with van der Waals surface area (Å²) in [7, 11) is 0. The van der Waals surface area contributed by atoms with Crippen LogP contribution in [0.2, 0.25) is 10.0 Å². The Kier molecular flexibility index (Phi) is 2.63. The number of aromatic nitrogens is 1. The van der Waals surface area contributed by atoms with Crippen molar-refractivity contribution in [2.75, 3.05) is 0 Å². The zero-order chi connectivity index (χ0) is 10.8. The Morgan fingerprint density at radius 1 is 1.33 bits per heavy atom. The van der Waals surface area contributed by atoms with Gasteiger partial charge in [0.2, 0.25) is 5.89 Å². The van der Waals surface area contributed by atoms with E-state index < -0.39 is 0 Å². The van der Waals surface area contributed by atoms with Gasteiger partial charge in [0.1, 0.15) is 12.3 Å². The zero-order valence-electron chi connectivity index (χ0n) is 7.37. The lowest BCUT2D eigenvalue weighted by atomic mass is 10.2. The highest BCUT2D eigenvalue weighted by molar-refractivity contribution is 6.36. The maximum Gasteiger partial charge on any atom is 0.228 e. The fourth-order valence-electron chi connectivity index (χ4n) is 1.11. The Hall–Kier alpha value is -1.50. The molecule has 0 saturated carbocycles. The third kappa shape index (κ3) is 1.96. The molecule has 0 N–H and O–H groups in total. The SMILES string of the molecule is N#Cc1coc(-c2ccc(Cl)cc2Cl)n1. The van der Waals surface area contributed by atoms with Gasteiger partial charge in [-0.1, -0.05) is 23.2 Å². The van der Waals surface area contributed by atoms with Crippen LogP contribution >= 0.6 is 23.2 Å². The first-order valence-electron chi connectivity index (χ1n) is 4.02. The maximum absolute atomic E-state index is 8.58. The molecule has 2 aromatic rings. The lowest BCUT2D eigenvalue weighted by molar-refractivity contribution is 0.574. The van der Waals surface area contributed by atoms with Gasteiger partial charge in [0.05, 0.1) is 10.6 Å². The normalized spacial score (nSPS) is 9.93. The average molecular weight is 239 g/mol. The van der Waals surface area contributed by atoms with Crippen LogP contribution in [0.3, 0.4) is 0 Å². The first kappa shape index (κ1) is 10.0. The number of nitrogens with zero attached hydrogens (tertiary/aromatic N) is 2. The van der Waals surface area contributed by atoms with Gasteiger partial charge in [-0.2, -0.15) is 10.2 Å². The van der Waals surface area contributed by atoms with Crippen molar-refractivity contribution in [1.29, 1.82) is 5.26 Å². The molecule has 15 heavy (non-hydrogen) atoms. The van der Waals surface area contributed by atoms with E-state index in [2.05, 4.69) is 4.98 Å². The van der Waals surface area contributed by atoms with E-state index in [1.54, 1.807) is 18.2 Å². The molecule has 5 heteroatoms. The lowest BCUT2D eigenvalue weighted by Gasteiger charge is -1.98. The van der Waals surface area contributed by atoms with Crippen LogP contribution in [0.4, 0.5) is 0 Å². The Bertz CT molecular complexity index is 543. The molecule has 0 bridgehead atoms. The minimum atomic E-state index is 0.219. The van der Waals surface area contributed by atoms with Crippen molar-refractivity contribution in [3.8, 4) is 17.5 Å². The second-order valence-electron chi connectivity index (χ2n) is 2.77. The third-order valence-corrected chi connectivity index (χ3v) is 2.33. The smallest absolute Gasteiger partial charge is 0.228 e. The van der Waals surface area contributed by atoms with E-state index in [9.17, 15) is 0 Å². The molecule has 0 aliphatic rings. The predicted octanol–water partition coefficient (Wildman–Crippen LogP) is 3.52. The number of oxazole rings is 1. The van der Waals surface area contributed by atoms with Gasteiger partial charge >= 0.3 is 0 Å². The van der Waals surface area contributed by atoms with E-state index in [0.29, 0.717) is 21.5 Å². The van der Waals surface area contributed by atoms with Crippen LogP contribution in [0.5, 0.6) is 0 Å². The molecule has 0 spiro atoms. The predicted molar refractivity (Wildman–Crippen MR) is 56.7 cm³/mol. The summed E-state index contributed by atoms with van der Waals surface area (Å²) in [6, 6.07) is 6.84. The highest BCUT2D eigenvalue weighted by atomic mass is 35.5. The molecule has 1 heterocycles.